The van der Waals surface area contributed by atoms with Gasteiger partial charge in [0.05, 0.1) is 18.0 Å². The van der Waals surface area contributed by atoms with Gasteiger partial charge in [-0.05, 0) is 41.8 Å². The van der Waals surface area contributed by atoms with Gasteiger partial charge in [0.1, 0.15) is 0 Å². The van der Waals surface area contributed by atoms with Gasteiger partial charge in [-0.2, -0.15) is 4.31 Å². The third kappa shape index (κ3) is 7.05. The van der Waals surface area contributed by atoms with Crippen LogP contribution in [0.4, 0.5) is 0 Å². The fourth-order valence-electron chi connectivity index (χ4n) is 4.21. The van der Waals surface area contributed by atoms with E-state index < -0.39 is 10.0 Å². The Hall–Kier alpha value is -3.04. The topological polar surface area (TPSA) is 66.9 Å². The molecule has 0 aliphatic heterocycles. The summed E-state index contributed by atoms with van der Waals surface area (Å²) in [5.41, 5.74) is 0.993. The third-order valence-electron chi connectivity index (χ3n) is 6.08. The first-order valence-electron chi connectivity index (χ1n) is 12.4. The molecule has 1 heterocycles. The molecule has 37 heavy (non-hydrogen) atoms. The second-order valence-corrected chi connectivity index (χ2v) is 11.6. The summed E-state index contributed by atoms with van der Waals surface area (Å²) < 4.78 is 34.7. The van der Waals surface area contributed by atoms with Crippen LogP contribution in [0.2, 0.25) is 0 Å². The lowest BCUT2D eigenvalue weighted by Crippen LogP contribution is -2.43. The fraction of sp³-hybridized carbons (Fsp3) is 0.276. The normalized spacial score (nSPS) is 11.7. The maximum atomic E-state index is 14.0. The Bertz CT molecular complexity index is 1380. The predicted octanol–water partition coefficient (Wildman–Crippen LogP) is 5.55. The van der Waals surface area contributed by atoms with Crippen LogP contribution >= 0.6 is 11.3 Å². The van der Waals surface area contributed by atoms with Gasteiger partial charge in [-0.3, -0.25) is 4.79 Å². The molecule has 0 N–H and O–H groups in total. The van der Waals surface area contributed by atoms with Crippen LogP contribution in [-0.2, 0) is 32.6 Å². The minimum atomic E-state index is -3.95. The number of hydrogen-bond acceptors (Lipinski definition) is 5. The van der Waals surface area contributed by atoms with E-state index in [0.29, 0.717) is 38.1 Å². The minimum Gasteiger partial charge on any atom is -0.382 e. The number of benzene rings is 3. The zero-order valence-electron chi connectivity index (χ0n) is 21.0. The summed E-state index contributed by atoms with van der Waals surface area (Å²) >= 11 is 1.58. The Kier molecular flexibility index (Phi) is 9.46. The van der Waals surface area contributed by atoms with E-state index in [1.165, 1.54) is 4.31 Å². The summed E-state index contributed by atoms with van der Waals surface area (Å²) in [6.07, 6.45) is 0.495. The lowest BCUT2D eigenvalue weighted by Gasteiger charge is -2.27. The lowest BCUT2D eigenvalue weighted by atomic mass is 10.1. The van der Waals surface area contributed by atoms with E-state index in [1.807, 2.05) is 79.0 Å². The number of ether oxygens (including phenoxy) is 1. The molecule has 194 valence electrons. The molecular weight excluding hydrogens is 504 g/mol. The summed E-state index contributed by atoms with van der Waals surface area (Å²) in [6, 6.07) is 26.4. The molecular formula is C29H32N2O4S2. The highest BCUT2D eigenvalue weighted by molar-refractivity contribution is 7.89. The monoisotopic (exact) mass is 536 g/mol. The molecule has 6 nitrogen and oxygen atoms in total. The number of fused-ring (bicyclic) bond motifs is 1. The molecule has 0 saturated heterocycles. The number of carbonyl (C=O) groups is 1. The summed E-state index contributed by atoms with van der Waals surface area (Å²) in [5.74, 6) is -0.238. The molecule has 1 amide bonds. The molecule has 4 aromatic rings. The Labute approximate surface area is 223 Å². The number of amides is 1. The van der Waals surface area contributed by atoms with E-state index in [9.17, 15) is 13.2 Å². The molecule has 0 aliphatic carbocycles. The predicted molar refractivity (Wildman–Crippen MR) is 149 cm³/mol. The van der Waals surface area contributed by atoms with Gasteiger partial charge in [0, 0.05) is 36.6 Å². The molecule has 0 radical (unpaired) electrons. The molecule has 0 atom stereocenters. The van der Waals surface area contributed by atoms with Crippen LogP contribution in [-0.4, -0.2) is 49.8 Å². The van der Waals surface area contributed by atoms with Crippen LogP contribution in [0.5, 0.6) is 0 Å². The number of sulfonamides is 1. The van der Waals surface area contributed by atoms with Gasteiger partial charge >= 0.3 is 0 Å². The van der Waals surface area contributed by atoms with Crippen LogP contribution in [0.1, 0.15) is 23.8 Å². The van der Waals surface area contributed by atoms with Crippen molar-refractivity contribution >= 4 is 38.0 Å². The molecule has 0 unspecified atom stereocenters. The Morgan fingerprint density at radius 2 is 1.65 bits per heavy atom. The maximum Gasteiger partial charge on any atom is 0.244 e. The van der Waals surface area contributed by atoms with Crippen molar-refractivity contribution in [3.63, 3.8) is 0 Å². The average Bonchev–Trinajstić information content (AvgIpc) is 3.43. The lowest BCUT2D eigenvalue weighted by molar-refractivity contribution is -0.132. The molecule has 3 aromatic carbocycles. The largest absolute Gasteiger partial charge is 0.382 e. The van der Waals surface area contributed by atoms with Gasteiger partial charge in [0.25, 0.3) is 0 Å². The molecule has 0 bridgehead atoms. The number of thiophene rings is 1. The zero-order chi connectivity index (χ0) is 26.1. The Balaban J connectivity index is 1.63. The van der Waals surface area contributed by atoms with Crippen LogP contribution in [0.3, 0.4) is 0 Å². The zero-order valence-corrected chi connectivity index (χ0v) is 22.6. The van der Waals surface area contributed by atoms with Gasteiger partial charge in [-0.25, -0.2) is 8.42 Å². The number of rotatable bonds is 13. The quantitative estimate of drug-likeness (QED) is 0.210. The first-order chi connectivity index (χ1) is 18.0. The second-order valence-electron chi connectivity index (χ2n) is 8.68. The van der Waals surface area contributed by atoms with Crippen molar-refractivity contribution in [1.82, 2.24) is 9.21 Å². The molecule has 1 aromatic heterocycles. The van der Waals surface area contributed by atoms with Crippen LogP contribution in [0, 0.1) is 0 Å². The van der Waals surface area contributed by atoms with Gasteiger partial charge in [0.2, 0.25) is 15.9 Å². The standard InChI is InChI=1S/C29H32N2O4S2/c1-2-35-19-10-18-31(37(33,34)28-17-8-14-25-13-6-7-16-27(25)28)23-29(32)30(22-26-15-9-20-36-26)21-24-11-4-3-5-12-24/h3-9,11-17,20H,2,10,18-19,21-23H2,1H3. The van der Waals surface area contributed by atoms with Crippen LogP contribution in [0.15, 0.2) is 95.2 Å². The van der Waals surface area contributed by atoms with E-state index in [-0.39, 0.29) is 23.9 Å². The van der Waals surface area contributed by atoms with Crippen molar-refractivity contribution in [2.24, 2.45) is 0 Å². The van der Waals surface area contributed by atoms with Crippen molar-refractivity contribution in [2.75, 3.05) is 26.3 Å². The van der Waals surface area contributed by atoms with Crippen LogP contribution < -0.4 is 0 Å². The summed E-state index contributed by atoms with van der Waals surface area (Å²) in [4.78, 5) is 16.7. The number of carbonyl (C=O) groups excluding carboxylic acids is 1. The first-order valence-corrected chi connectivity index (χ1v) is 14.7. The maximum absolute atomic E-state index is 14.0. The molecule has 0 spiro atoms. The van der Waals surface area contributed by atoms with Gasteiger partial charge < -0.3 is 9.64 Å². The van der Waals surface area contributed by atoms with Crippen molar-refractivity contribution in [3.8, 4) is 0 Å². The highest BCUT2D eigenvalue weighted by Gasteiger charge is 2.29. The number of hydrogen-bond donors (Lipinski definition) is 0. The van der Waals surface area contributed by atoms with E-state index in [4.69, 9.17) is 4.74 Å². The van der Waals surface area contributed by atoms with Crippen molar-refractivity contribution in [1.29, 1.82) is 0 Å². The molecule has 0 saturated carbocycles. The van der Waals surface area contributed by atoms with E-state index >= 15 is 0 Å². The van der Waals surface area contributed by atoms with Gasteiger partial charge in [-0.1, -0.05) is 72.8 Å². The summed E-state index contributed by atoms with van der Waals surface area (Å²) in [7, 11) is -3.95. The van der Waals surface area contributed by atoms with Gasteiger partial charge in [0.15, 0.2) is 0 Å². The fourth-order valence-corrected chi connectivity index (χ4v) is 6.57. The van der Waals surface area contributed by atoms with Crippen molar-refractivity contribution in [2.45, 2.75) is 31.3 Å². The second kappa shape index (κ2) is 13.0. The Morgan fingerprint density at radius 1 is 0.892 bits per heavy atom. The van der Waals surface area contributed by atoms with E-state index in [1.54, 1.807) is 34.4 Å². The minimum absolute atomic E-state index is 0.190. The molecule has 4 rings (SSSR count). The molecule has 0 aliphatic rings. The molecule has 8 heteroatoms. The smallest absolute Gasteiger partial charge is 0.244 e. The van der Waals surface area contributed by atoms with E-state index in [0.717, 1.165) is 15.8 Å². The highest BCUT2D eigenvalue weighted by Crippen LogP contribution is 2.26. The summed E-state index contributed by atoms with van der Waals surface area (Å²) in [6.45, 7) is 3.66. The van der Waals surface area contributed by atoms with Crippen molar-refractivity contribution < 1.29 is 17.9 Å². The van der Waals surface area contributed by atoms with Gasteiger partial charge in [-0.15, -0.1) is 11.3 Å². The van der Waals surface area contributed by atoms with Crippen LogP contribution in [0.25, 0.3) is 10.8 Å². The summed E-state index contributed by atoms with van der Waals surface area (Å²) in [5, 5.41) is 3.46. The first kappa shape index (κ1) is 27.0. The average molecular weight is 537 g/mol. The van der Waals surface area contributed by atoms with Crippen molar-refractivity contribution in [3.05, 3.63) is 101 Å². The van der Waals surface area contributed by atoms with E-state index in [2.05, 4.69) is 0 Å². The number of nitrogens with zero attached hydrogens (tertiary/aromatic N) is 2. The highest BCUT2D eigenvalue weighted by atomic mass is 32.2. The third-order valence-corrected chi connectivity index (χ3v) is 8.84. The SMILES string of the molecule is CCOCCCN(CC(=O)N(Cc1ccccc1)Cc1cccs1)S(=O)(=O)c1cccc2ccccc12. The Morgan fingerprint density at radius 3 is 2.41 bits per heavy atom. The molecule has 0 fully saturated rings.